The molecule has 0 aliphatic heterocycles. The monoisotopic (exact) mass is 430 g/mol. The van der Waals surface area contributed by atoms with Gasteiger partial charge in [0.1, 0.15) is 6.29 Å². The van der Waals surface area contributed by atoms with Gasteiger partial charge in [-0.25, -0.2) is 0 Å². The van der Waals surface area contributed by atoms with Crippen molar-refractivity contribution in [1.82, 2.24) is 0 Å². The molecule has 0 atom stereocenters. The third kappa shape index (κ3) is 35.7. The largest absolute Gasteiger partial charge is 0.303 e. The van der Waals surface area contributed by atoms with Crippen molar-refractivity contribution in [2.45, 2.75) is 162 Å². The molecular formula is C27H55ClO. The summed E-state index contributed by atoms with van der Waals surface area (Å²) in [5.74, 6) is 0.833. The Balaban J connectivity index is 0. The predicted octanol–water partition coefficient (Wildman–Crippen LogP) is 10.4. The smallest absolute Gasteiger partial charge is 0.119 e. The summed E-state index contributed by atoms with van der Waals surface area (Å²) in [6.07, 6.45) is 32.2. The number of aldehydes is 1. The summed E-state index contributed by atoms with van der Waals surface area (Å²) in [5, 5.41) is 0. The van der Waals surface area contributed by atoms with Crippen LogP contribution in [0.1, 0.15) is 162 Å². The van der Waals surface area contributed by atoms with E-state index in [1.54, 1.807) is 0 Å². The van der Waals surface area contributed by atoms with Gasteiger partial charge in [-0.05, 0) is 12.8 Å². The Morgan fingerprint density at radius 1 is 0.448 bits per heavy atom. The molecule has 2 heteroatoms. The van der Waals surface area contributed by atoms with Gasteiger partial charge in [0.2, 0.25) is 0 Å². The van der Waals surface area contributed by atoms with Crippen LogP contribution in [0.15, 0.2) is 0 Å². The highest BCUT2D eigenvalue weighted by atomic mass is 35.5. The molecule has 0 rings (SSSR count). The first kappa shape index (κ1) is 31.1. The predicted molar refractivity (Wildman–Crippen MR) is 134 cm³/mol. The molecule has 0 amide bonds. The molecular weight excluding hydrogens is 376 g/mol. The molecule has 176 valence electrons. The highest BCUT2D eigenvalue weighted by Gasteiger charge is 1.94. The number of hydrogen-bond acceptors (Lipinski definition) is 1. The van der Waals surface area contributed by atoms with Gasteiger partial charge in [-0.1, -0.05) is 142 Å². The number of carbonyl (C=O) groups is 1. The number of hydrogen-bond donors (Lipinski definition) is 0. The highest BCUT2D eigenvalue weighted by molar-refractivity contribution is 6.17. The lowest BCUT2D eigenvalue weighted by atomic mass is 10.0. The molecule has 0 radical (unpaired) electrons. The van der Waals surface area contributed by atoms with Crippen LogP contribution < -0.4 is 0 Å². The maximum absolute atomic E-state index is 10.2. The average molecular weight is 431 g/mol. The summed E-state index contributed by atoms with van der Waals surface area (Å²) in [6, 6.07) is 0. The minimum Gasteiger partial charge on any atom is -0.303 e. The SMILES string of the molecule is CCCCCCCCCCCCCCCCCCCCC=O.CCCCCCCl. The number of rotatable bonds is 23. The Bertz CT molecular complexity index is 263. The maximum atomic E-state index is 10.2. The molecule has 0 saturated heterocycles. The number of carbonyl (C=O) groups excluding carboxylic acids is 1. The first-order valence-corrected chi connectivity index (χ1v) is 13.9. The van der Waals surface area contributed by atoms with Crippen molar-refractivity contribution in [3.05, 3.63) is 0 Å². The van der Waals surface area contributed by atoms with Crippen LogP contribution in [0, 0.1) is 0 Å². The molecule has 0 aliphatic carbocycles. The summed E-state index contributed by atoms with van der Waals surface area (Å²) in [4.78, 5) is 10.2. The first-order valence-electron chi connectivity index (χ1n) is 13.3. The van der Waals surface area contributed by atoms with Crippen LogP contribution in [0.25, 0.3) is 0 Å². The molecule has 0 saturated carbocycles. The van der Waals surface area contributed by atoms with Gasteiger partial charge in [0, 0.05) is 12.3 Å². The number of unbranched alkanes of at least 4 members (excludes halogenated alkanes) is 21. The molecule has 0 N–H and O–H groups in total. The fourth-order valence-electron chi connectivity index (χ4n) is 3.65. The first-order chi connectivity index (χ1) is 14.3. The second kappa shape index (κ2) is 32.6. The minimum atomic E-state index is 0.763. The van der Waals surface area contributed by atoms with Crippen molar-refractivity contribution >= 4 is 17.9 Å². The van der Waals surface area contributed by atoms with E-state index in [0.717, 1.165) is 25.0 Å². The van der Waals surface area contributed by atoms with Gasteiger partial charge in [0.05, 0.1) is 0 Å². The van der Waals surface area contributed by atoms with Crippen LogP contribution in [0.5, 0.6) is 0 Å². The van der Waals surface area contributed by atoms with Crippen molar-refractivity contribution in [2.24, 2.45) is 0 Å². The van der Waals surface area contributed by atoms with Crippen LogP contribution in [-0.4, -0.2) is 12.2 Å². The molecule has 0 bridgehead atoms. The van der Waals surface area contributed by atoms with Crippen molar-refractivity contribution in [2.75, 3.05) is 5.88 Å². The van der Waals surface area contributed by atoms with Gasteiger partial charge < -0.3 is 4.79 Å². The Morgan fingerprint density at radius 3 is 1.00 bits per heavy atom. The molecule has 0 aromatic carbocycles. The average Bonchev–Trinajstić information content (AvgIpc) is 2.74. The van der Waals surface area contributed by atoms with Crippen LogP contribution >= 0.6 is 11.6 Å². The summed E-state index contributed by atoms with van der Waals surface area (Å²) in [7, 11) is 0. The van der Waals surface area contributed by atoms with Gasteiger partial charge >= 0.3 is 0 Å². The van der Waals surface area contributed by atoms with E-state index in [4.69, 9.17) is 11.6 Å². The third-order valence-corrected chi connectivity index (χ3v) is 5.93. The van der Waals surface area contributed by atoms with E-state index in [-0.39, 0.29) is 0 Å². The quantitative estimate of drug-likeness (QED) is 0.0894. The Hall–Kier alpha value is -0.0400. The van der Waals surface area contributed by atoms with Crippen molar-refractivity contribution in [3.8, 4) is 0 Å². The van der Waals surface area contributed by atoms with Gasteiger partial charge in [0.15, 0.2) is 0 Å². The topological polar surface area (TPSA) is 17.1 Å². The summed E-state index contributed by atoms with van der Waals surface area (Å²) >= 11 is 5.44. The molecule has 0 heterocycles. The Labute approximate surface area is 190 Å². The molecule has 1 nitrogen and oxygen atoms in total. The molecule has 0 fully saturated rings. The van der Waals surface area contributed by atoms with E-state index in [0.29, 0.717) is 0 Å². The Kier molecular flexibility index (Phi) is 35.0. The second-order valence-electron chi connectivity index (χ2n) is 8.72. The van der Waals surface area contributed by atoms with Crippen molar-refractivity contribution in [3.63, 3.8) is 0 Å². The van der Waals surface area contributed by atoms with E-state index < -0.39 is 0 Å². The normalized spacial score (nSPS) is 10.6. The highest BCUT2D eigenvalue weighted by Crippen LogP contribution is 2.14. The molecule has 0 aliphatic rings. The summed E-state index contributed by atoms with van der Waals surface area (Å²) in [6.45, 7) is 4.49. The van der Waals surface area contributed by atoms with E-state index in [9.17, 15) is 4.79 Å². The van der Waals surface area contributed by atoms with Crippen LogP contribution in [-0.2, 0) is 4.79 Å². The van der Waals surface area contributed by atoms with E-state index in [1.807, 2.05) is 0 Å². The lowest BCUT2D eigenvalue weighted by Gasteiger charge is -2.03. The molecule has 29 heavy (non-hydrogen) atoms. The van der Waals surface area contributed by atoms with Crippen LogP contribution in [0.4, 0.5) is 0 Å². The lowest BCUT2D eigenvalue weighted by Crippen LogP contribution is -1.84. The van der Waals surface area contributed by atoms with Crippen molar-refractivity contribution in [1.29, 1.82) is 0 Å². The number of halogens is 1. The minimum absolute atomic E-state index is 0.763. The third-order valence-electron chi connectivity index (χ3n) is 5.66. The van der Waals surface area contributed by atoms with Gasteiger partial charge in [0.25, 0.3) is 0 Å². The van der Waals surface area contributed by atoms with Crippen LogP contribution in [0.2, 0.25) is 0 Å². The van der Waals surface area contributed by atoms with Gasteiger partial charge in [-0.15, -0.1) is 11.6 Å². The molecule has 0 unspecified atom stereocenters. The standard InChI is InChI=1S/C21H42O.C6H13Cl/c1-2-3-4-5-6-7-8-9-10-11-12-13-14-15-16-17-18-19-20-21-22;1-2-3-4-5-6-7/h21H,2-20H2,1H3;2-6H2,1H3. The summed E-state index contributed by atoms with van der Waals surface area (Å²) < 4.78 is 0. The zero-order valence-corrected chi connectivity index (χ0v) is 21.1. The lowest BCUT2D eigenvalue weighted by molar-refractivity contribution is -0.107. The summed E-state index contributed by atoms with van der Waals surface area (Å²) in [5.41, 5.74) is 0. The molecule has 0 spiro atoms. The molecule has 0 aromatic heterocycles. The number of alkyl halides is 1. The van der Waals surface area contributed by atoms with Crippen molar-refractivity contribution < 1.29 is 4.79 Å². The maximum Gasteiger partial charge on any atom is 0.119 e. The fraction of sp³-hybridized carbons (Fsp3) is 0.963. The fourth-order valence-corrected chi connectivity index (χ4v) is 3.84. The van der Waals surface area contributed by atoms with Crippen LogP contribution in [0.3, 0.4) is 0 Å². The van der Waals surface area contributed by atoms with E-state index >= 15 is 0 Å². The Morgan fingerprint density at radius 2 is 0.724 bits per heavy atom. The van der Waals surface area contributed by atoms with Gasteiger partial charge in [-0.3, -0.25) is 0 Å². The van der Waals surface area contributed by atoms with E-state index in [1.165, 1.54) is 135 Å². The molecule has 0 aromatic rings. The van der Waals surface area contributed by atoms with E-state index in [2.05, 4.69) is 13.8 Å². The van der Waals surface area contributed by atoms with Gasteiger partial charge in [-0.2, -0.15) is 0 Å². The second-order valence-corrected chi connectivity index (χ2v) is 9.09. The zero-order chi connectivity index (χ0) is 21.7. The zero-order valence-electron chi connectivity index (χ0n) is 20.3.